The van der Waals surface area contributed by atoms with E-state index in [9.17, 15) is 0 Å². The Morgan fingerprint density at radius 3 is 2.12 bits per heavy atom. The fraction of sp³-hybridized carbons (Fsp3) is 0. The van der Waals surface area contributed by atoms with Gasteiger partial charge >= 0.3 is 0 Å². The fourth-order valence-corrected chi connectivity index (χ4v) is 0.192. The number of nitrogens with zero attached hydrogens (tertiary/aromatic N) is 2. The summed E-state index contributed by atoms with van der Waals surface area (Å²) in [4.78, 5) is 7.22. The number of aromatic nitrogens is 2. The first kappa shape index (κ1) is 16.0. The fourth-order valence-electron chi connectivity index (χ4n) is 0.192. The zero-order valence-corrected chi connectivity index (χ0v) is 9.01. The van der Waals surface area contributed by atoms with Crippen LogP contribution >= 0.6 is 9.90 Å². The molecule has 0 fully saturated rings. The third kappa shape index (κ3) is 6.91. The molecule has 0 amide bonds. The Morgan fingerprint density at radius 1 is 1.38 bits per heavy atom. The molecule has 1 heterocycles. The summed E-state index contributed by atoms with van der Waals surface area (Å²) < 4.78 is 0. The van der Waals surface area contributed by atoms with Crippen LogP contribution in [0.1, 0.15) is 0 Å². The number of rotatable bonds is 0. The molecule has 2 nitrogen and oxygen atoms in total. The van der Waals surface area contributed by atoms with Crippen molar-refractivity contribution in [3.63, 3.8) is 0 Å². The van der Waals surface area contributed by atoms with Crippen LogP contribution in [-0.4, -0.2) is 4.98 Å². The van der Waals surface area contributed by atoms with E-state index in [-0.39, 0.29) is 49.5 Å². The molecule has 1 radical (unpaired) electrons. The minimum absolute atomic E-state index is 0. The smallest absolute Gasteiger partial charge is 0 e. The van der Waals surface area contributed by atoms with Gasteiger partial charge < -0.3 is 9.97 Å². The van der Waals surface area contributed by atoms with Gasteiger partial charge in [0.1, 0.15) is 0 Å². The van der Waals surface area contributed by atoms with Gasteiger partial charge in [-0.15, -0.1) is 0 Å². The Hall–Kier alpha value is 0.913. The molecule has 45 valence electrons. The van der Waals surface area contributed by atoms with Crippen molar-refractivity contribution in [1.82, 2.24) is 9.97 Å². The summed E-state index contributed by atoms with van der Waals surface area (Å²) in [6.45, 7) is 0. The third-order valence-electron chi connectivity index (χ3n) is 0.372. The summed E-state index contributed by atoms with van der Waals surface area (Å²) in [5, 5.41) is 0. The van der Waals surface area contributed by atoms with E-state index in [1.165, 1.54) is 6.33 Å². The van der Waals surface area contributed by atoms with Crippen molar-refractivity contribution in [2.24, 2.45) is 0 Å². The third-order valence-corrected chi connectivity index (χ3v) is 0.372. The average molecular weight is 248 g/mol. The van der Waals surface area contributed by atoms with Crippen LogP contribution in [0.5, 0.6) is 0 Å². The Bertz CT molecular complexity index is 73.8. The van der Waals surface area contributed by atoms with Crippen molar-refractivity contribution in [2.45, 2.75) is 0 Å². The first-order chi connectivity index (χ1) is 2.50. The minimum atomic E-state index is 0. The molecule has 0 spiro atoms. The summed E-state index contributed by atoms with van der Waals surface area (Å²) in [5.41, 5.74) is 0. The second-order valence-electron chi connectivity index (χ2n) is 0.712. The van der Waals surface area contributed by atoms with Crippen LogP contribution < -0.4 is 4.98 Å². The van der Waals surface area contributed by atoms with Crippen LogP contribution in [-0.2, 0) is 39.6 Å². The molecule has 1 unspecified atom stereocenters. The van der Waals surface area contributed by atoms with E-state index in [0.717, 1.165) is 0 Å². The summed E-state index contributed by atoms with van der Waals surface area (Å²) in [6, 6.07) is 0. The first-order valence-electron chi connectivity index (χ1n) is 1.37. The largest absolute Gasteiger partial charge is 0.450 e. The molecule has 0 saturated carbocycles. The van der Waals surface area contributed by atoms with E-state index in [2.05, 4.69) is 9.97 Å². The Morgan fingerprint density at radius 2 is 2.00 bits per heavy atom. The summed E-state index contributed by atoms with van der Waals surface area (Å²) >= 11 is 0. The van der Waals surface area contributed by atoms with Crippen LogP contribution in [0.2, 0.25) is 0 Å². The maximum Gasteiger partial charge on any atom is 0 e. The van der Waals surface area contributed by atoms with Gasteiger partial charge in [0.2, 0.25) is 0 Å². The van der Waals surface area contributed by atoms with Gasteiger partial charge in [-0.25, -0.2) is 0 Å². The number of hydrogen-bond donors (Lipinski definition) is 0. The van der Waals surface area contributed by atoms with Crippen molar-refractivity contribution >= 4 is 9.90 Å². The average Bonchev–Trinajstić information content (AvgIpc) is 1.76. The monoisotopic (exact) mass is 250 g/mol. The Labute approximate surface area is 78.0 Å². The van der Waals surface area contributed by atoms with Crippen molar-refractivity contribution in [3.8, 4) is 0 Å². The molecule has 0 aliphatic rings. The van der Waals surface area contributed by atoms with E-state index >= 15 is 0 Å². The van der Waals surface area contributed by atoms with E-state index < -0.39 is 0 Å². The zero-order chi connectivity index (χ0) is 3.54. The van der Waals surface area contributed by atoms with Gasteiger partial charge in [0.15, 0.2) is 0 Å². The van der Waals surface area contributed by atoms with E-state index in [4.69, 9.17) is 0 Å². The molecule has 0 aliphatic heterocycles. The number of hydrogen-bond acceptors (Lipinski definition) is 1. The van der Waals surface area contributed by atoms with Gasteiger partial charge in [0.05, 0.1) is 0 Å². The van der Waals surface area contributed by atoms with Crippen molar-refractivity contribution < 1.29 is 39.6 Å². The standard InChI is InChI=1S/C3H3N2.Mo.H3P.V/c1-2-5-3-4-1;;;/h1-3H;;1H3;/q-1;;;. The zero-order valence-electron chi connectivity index (χ0n) is 4.19. The van der Waals surface area contributed by atoms with Gasteiger partial charge in [0, 0.05) is 39.6 Å². The molecule has 5 heteroatoms. The molecule has 0 bridgehead atoms. The van der Waals surface area contributed by atoms with Crippen LogP contribution in [0.4, 0.5) is 0 Å². The predicted molar refractivity (Wildman–Crippen MR) is 28.7 cm³/mol. The Kier molecular flexibility index (Phi) is 21.6. The molecular weight excluding hydrogens is 242 g/mol. The SMILES string of the molecule is P.[Mo].[V].c1c[n-]cn1. The van der Waals surface area contributed by atoms with Crippen LogP contribution in [0, 0.1) is 0 Å². The molecule has 8 heavy (non-hydrogen) atoms. The van der Waals surface area contributed by atoms with Gasteiger partial charge in [-0.1, -0.05) is 18.7 Å². The Balaban J connectivity index is -0.0000000833. The summed E-state index contributed by atoms with van der Waals surface area (Å²) in [6.07, 6.45) is 4.78. The number of imidazole rings is 1. The van der Waals surface area contributed by atoms with Gasteiger partial charge in [-0.05, 0) is 0 Å². The molecule has 1 aromatic heterocycles. The predicted octanol–water partition coefficient (Wildman–Crippen LogP) is 0.0919. The van der Waals surface area contributed by atoms with Crippen molar-refractivity contribution in [1.29, 1.82) is 0 Å². The quantitative estimate of drug-likeness (QED) is 0.480. The maximum atomic E-state index is 3.61. The molecule has 0 saturated heterocycles. The van der Waals surface area contributed by atoms with E-state index in [1.54, 1.807) is 12.4 Å². The summed E-state index contributed by atoms with van der Waals surface area (Å²) in [5.74, 6) is 0. The second kappa shape index (κ2) is 10.8. The van der Waals surface area contributed by atoms with Crippen LogP contribution in [0.3, 0.4) is 0 Å². The van der Waals surface area contributed by atoms with Crippen molar-refractivity contribution in [3.05, 3.63) is 18.7 Å². The van der Waals surface area contributed by atoms with Crippen LogP contribution in [0.15, 0.2) is 18.7 Å². The molecule has 0 N–H and O–H groups in total. The van der Waals surface area contributed by atoms with E-state index in [1.807, 2.05) is 0 Å². The van der Waals surface area contributed by atoms with Gasteiger partial charge in [-0.2, -0.15) is 9.90 Å². The molecular formula is C3H6MoN2PV-. The second-order valence-corrected chi connectivity index (χ2v) is 0.712. The molecule has 1 atom stereocenters. The summed E-state index contributed by atoms with van der Waals surface area (Å²) in [7, 11) is 0. The van der Waals surface area contributed by atoms with Gasteiger partial charge in [-0.3, -0.25) is 0 Å². The molecule has 1 aromatic rings. The van der Waals surface area contributed by atoms with Crippen molar-refractivity contribution in [2.75, 3.05) is 0 Å². The van der Waals surface area contributed by atoms with Crippen LogP contribution in [0.25, 0.3) is 0 Å². The maximum absolute atomic E-state index is 3.61. The minimum Gasteiger partial charge on any atom is -0.450 e. The normalized spacial score (nSPS) is 5.00. The topological polar surface area (TPSA) is 27.0 Å². The first-order valence-corrected chi connectivity index (χ1v) is 1.37. The molecule has 1 rings (SSSR count). The van der Waals surface area contributed by atoms with Gasteiger partial charge in [0.25, 0.3) is 0 Å². The molecule has 0 aliphatic carbocycles. The molecule has 0 aromatic carbocycles. The van der Waals surface area contributed by atoms with E-state index in [0.29, 0.717) is 0 Å².